The zero-order chi connectivity index (χ0) is 14.5. The van der Waals surface area contributed by atoms with Crippen LogP contribution in [-0.2, 0) is 6.42 Å². The molecule has 0 aliphatic carbocycles. The monoisotopic (exact) mass is 270 g/mol. The summed E-state index contributed by atoms with van der Waals surface area (Å²) >= 11 is 0. The average Bonchev–Trinajstić information content (AvgIpc) is 2.38. The lowest BCUT2D eigenvalue weighted by atomic mass is 10.1. The van der Waals surface area contributed by atoms with Crippen LogP contribution in [0.15, 0.2) is 42.5 Å². The Bertz CT molecular complexity index is 603. The fourth-order valence-corrected chi connectivity index (χ4v) is 2.32. The van der Waals surface area contributed by atoms with Gasteiger partial charge in [0.15, 0.2) is 0 Å². The number of hydrogen-bond acceptors (Lipinski definition) is 3. The molecule has 0 aliphatic rings. The Hall–Kier alpha value is -2.36. The van der Waals surface area contributed by atoms with Crippen LogP contribution in [0.5, 0.6) is 0 Å². The lowest BCUT2D eigenvalue weighted by molar-refractivity contribution is -0.385. The molecule has 2 aromatic rings. The first-order valence-corrected chi connectivity index (χ1v) is 6.61. The van der Waals surface area contributed by atoms with Crippen molar-refractivity contribution < 1.29 is 4.92 Å². The Morgan fingerprint density at radius 2 is 1.75 bits per heavy atom. The lowest BCUT2D eigenvalue weighted by Crippen LogP contribution is -2.06. The molecule has 0 fully saturated rings. The van der Waals surface area contributed by atoms with E-state index in [0.717, 1.165) is 11.3 Å². The number of hydrogen-bond donors (Lipinski definition) is 1. The van der Waals surface area contributed by atoms with Crippen LogP contribution in [0, 0.1) is 24.0 Å². The summed E-state index contributed by atoms with van der Waals surface area (Å²) in [6.07, 6.45) is 0.629. The van der Waals surface area contributed by atoms with Crippen molar-refractivity contribution in [3.63, 3.8) is 0 Å². The molecule has 1 N–H and O–H groups in total. The molecule has 0 unspecified atom stereocenters. The SMILES string of the molecule is Cc1cc(C)cc(NCCc2ccccc2[N+](=O)[O-])c1. The van der Waals surface area contributed by atoms with Crippen molar-refractivity contribution in [1.82, 2.24) is 0 Å². The van der Waals surface area contributed by atoms with E-state index in [-0.39, 0.29) is 10.6 Å². The van der Waals surface area contributed by atoms with Gasteiger partial charge in [-0.05, 0) is 43.5 Å². The second kappa shape index (κ2) is 6.19. The Morgan fingerprint density at radius 1 is 1.10 bits per heavy atom. The predicted molar refractivity (Wildman–Crippen MR) is 81.2 cm³/mol. The fourth-order valence-electron chi connectivity index (χ4n) is 2.32. The number of nitro groups is 1. The van der Waals surface area contributed by atoms with E-state index in [1.54, 1.807) is 18.2 Å². The number of anilines is 1. The first-order valence-electron chi connectivity index (χ1n) is 6.61. The molecule has 0 amide bonds. The Morgan fingerprint density at radius 3 is 2.40 bits per heavy atom. The maximum atomic E-state index is 10.9. The van der Waals surface area contributed by atoms with Crippen LogP contribution in [0.25, 0.3) is 0 Å². The van der Waals surface area contributed by atoms with Crippen LogP contribution < -0.4 is 5.32 Å². The van der Waals surface area contributed by atoms with Crippen molar-refractivity contribution in [2.75, 3.05) is 11.9 Å². The van der Waals surface area contributed by atoms with Gasteiger partial charge in [-0.3, -0.25) is 10.1 Å². The van der Waals surface area contributed by atoms with E-state index in [1.165, 1.54) is 11.1 Å². The van der Waals surface area contributed by atoms with Gasteiger partial charge in [-0.15, -0.1) is 0 Å². The molecule has 20 heavy (non-hydrogen) atoms. The Balaban J connectivity index is 2.01. The fraction of sp³-hybridized carbons (Fsp3) is 0.250. The molecular formula is C16H18N2O2. The average molecular weight is 270 g/mol. The molecule has 0 heterocycles. The summed E-state index contributed by atoms with van der Waals surface area (Å²) in [5.41, 5.74) is 4.42. The molecule has 2 rings (SSSR count). The number of benzene rings is 2. The first-order chi connectivity index (χ1) is 9.56. The standard InChI is InChI=1S/C16H18N2O2/c1-12-9-13(2)11-15(10-12)17-8-7-14-5-3-4-6-16(14)18(19)20/h3-6,9-11,17H,7-8H2,1-2H3. The summed E-state index contributed by atoms with van der Waals surface area (Å²) in [6, 6.07) is 13.2. The van der Waals surface area contributed by atoms with Crippen LogP contribution in [0.3, 0.4) is 0 Å². The van der Waals surface area contributed by atoms with Gasteiger partial charge >= 0.3 is 0 Å². The van der Waals surface area contributed by atoms with E-state index < -0.39 is 0 Å². The normalized spacial score (nSPS) is 10.3. The van der Waals surface area contributed by atoms with Crippen LogP contribution in [0.2, 0.25) is 0 Å². The minimum absolute atomic E-state index is 0.190. The van der Waals surface area contributed by atoms with Crippen molar-refractivity contribution in [3.05, 3.63) is 69.3 Å². The van der Waals surface area contributed by atoms with Crippen molar-refractivity contribution in [2.24, 2.45) is 0 Å². The molecule has 0 aliphatic heterocycles. The molecular weight excluding hydrogens is 252 g/mol. The Labute approximate surface area is 118 Å². The van der Waals surface area contributed by atoms with Gasteiger partial charge in [0.25, 0.3) is 5.69 Å². The van der Waals surface area contributed by atoms with Gasteiger partial charge < -0.3 is 5.32 Å². The highest BCUT2D eigenvalue weighted by atomic mass is 16.6. The summed E-state index contributed by atoms with van der Waals surface area (Å²) in [5, 5.41) is 14.2. The first kappa shape index (κ1) is 14.1. The highest BCUT2D eigenvalue weighted by molar-refractivity contribution is 5.49. The summed E-state index contributed by atoms with van der Waals surface area (Å²) in [7, 11) is 0. The molecule has 0 spiro atoms. The number of nitrogens with zero attached hydrogens (tertiary/aromatic N) is 1. The highest BCUT2D eigenvalue weighted by Gasteiger charge is 2.11. The quantitative estimate of drug-likeness (QED) is 0.663. The van der Waals surface area contributed by atoms with E-state index in [2.05, 4.69) is 37.4 Å². The molecule has 4 nitrogen and oxygen atoms in total. The molecule has 0 saturated carbocycles. The number of nitrogens with one attached hydrogen (secondary N) is 1. The summed E-state index contributed by atoms with van der Waals surface area (Å²) in [5.74, 6) is 0. The van der Waals surface area contributed by atoms with Crippen LogP contribution in [0.4, 0.5) is 11.4 Å². The van der Waals surface area contributed by atoms with Crippen LogP contribution in [-0.4, -0.2) is 11.5 Å². The third kappa shape index (κ3) is 3.57. The molecule has 0 bridgehead atoms. The van der Waals surface area contributed by atoms with Crippen LogP contribution >= 0.6 is 0 Å². The topological polar surface area (TPSA) is 55.2 Å². The molecule has 0 atom stereocenters. The lowest BCUT2D eigenvalue weighted by Gasteiger charge is -2.09. The molecule has 2 aromatic carbocycles. The molecule has 4 heteroatoms. The van der Waals surface area contributed by atoms with Crippen molar-refractivity contribution in [1.29, 1.82) is 0 Å². The van der Waals surface area contributed by atoms with E-state index in [4.69, 9.17) is 0 Å². The summed E-state index contributed by atoms with van der Waals surface area (Å²) < 4.78 is 0. The maximum Gasteiger partial charge on any atom is 0.272 e. The van der Waals surface area contributed by atoms with E-state index >= 15 is 0 Å². The summed E-state index contributed by atoms with van der Waals surface area (Å²) in [6.45, 7) is 4.79. The molecule has 0 saturated heterocycles. The molecule has 0 aromatic heterocycles. The van der Waals surface area contributed by atoms with Gasteiger partial charge in [0.1, 0.15) is 0 Å². The Kier molecular flexibility index (Phi) is 4.35. The minimum atomic E-state index is -0.327. The number of para-hydroxylation sites is 1. The minimum Gasteiger partial charge on any atom is -0.385 e. The van der Waals surface area contributed by atoms with E-state index in [9.17, 15) is 10.1 Å². The third-order valence-corrected chi connectivity index (χ3v) is 3.13. The van der Waals surface area contributed by atoms with Gasteiger partial charge in [-0.1, -0.05) is 24.3 Å². The maximum absolute atomic E-state index is 10.9. The highest BCUT2D eigenvalue weighted by Crippen LogP contribution is 2.19. The zero-order valence-corrected chi connectivity index (χ0v) is 11.7. The largest absolute Gasteiger partial charge is 0.385 e. The number of rotatable bonds is 5. The van der Waals surface area contributed by atoms with Gasteiger partial charge in [-0.25, -0.2) is 0 Å². The molecule has 104 valence electrons. The predicted octanol–water partition coefficient (Wildman–Crippen LogP) is 3.87. The second-order valence-electron chi connectivity index (χ2n) is 4.94. The third-order valence-electron chi connectivity index (χ3n) is 3.13. The van der Waals surface area contributed by atoms with Gasteiger partial charge in [0.2, 0.25) is 0 Å². The zero-order valence-electron chi connectivity index (χ0n) is 11.7. The second-order valence-corrected chi connectivity index (χ2v) is 4.94. The van der Waals surface area contributed by atoms with E-state index in [0.29, 0.717) is 13.0 Å². The van der Waals surface area contributed by atoms with Gasteiger partial charge in [-0.2, -0.15) is 0 Å². The van der Waals surface area contributed by atoms with Crippen molar-refractivity contribution in [3.8, 4) is 0 Å². The van der Waals surface area contributed by atoms with E-state index in [1.807, 2.05) is 6.07 Å². The van der Waals surface area contributed by atoms with Crippen molar-refractivity contribution >= 4 is 11.4 Å². The number of aryl methyl sites for hydroxylation is 2. The molecule has 0 radical (unpaired) electrons. The van der Waals surface area contributed by atoms with Crippen molar-refractivity contribution in [2.45, 2.75) is 20.3 Å². The van der Waals surface area contributed by atoms with Gasteiger partial charge in [0.05, 0.1) is 4.92 Å². The van der Waals surface area contributed by atoms with Crippen LogP contribution in [0.1, 0.15) is 16.7 Å². The smallest absolute Gasteiger partial charge is 0.272 e. The van der Waals surface area contributed by atoms with Gasteiger partial charge in [0, 0.05) is 23.9 Å². The number of nitro benzene ring substituents is 1. The summed E-state index contributed by atoms with van der Waals surface area (Å²) in [4.78, 5) is 10.6.